The Morgan fingerprint density at radius 1 is 1.33 bits per heavy atom. The minimum atomic E-state index is 0.512. The highest BCUT2D eigenvalue weighted by Crippen LogP contribution is 2.24. The van der Waals surface area contributed by atoms with Crippen molar-refractivity contribution < 1.29 is 0 Å². The van der Waals surface area contributed by atoms with Crippen LogP contribution in [0.5, 0.6) is 0 Å². The molecule has 0 aromatic carbocycles. The van der Waals surface area contributed by atoms with Gasteiger partial charge < -0.3 is 19.9 Å². The molecule has 0 unspecified atom stereocenters. The van der Waals surface area contributed by atoms with Crippen molar-refractivity contribution in [2.75, 3.05) is 38.6 Å². The van der Waals surface area contributed by atoms with Crippen LogP contribution in [0.4, 0.5) is 5.82 Å². The Labute approximate surface area is 126 Å². The molecule has 5 nitrogen and oxygen atoms in total. The number of hydrogen-bond acceptors (Lipinski definition) is 4. The molecule has 2 N–H and O–H groups in total. The van der Waals surface area contributed by atoms with E-state index in [1.807, 2.05) is 24.4 Å². The van der Waals surface area contributed by atoms with Crippen molar-refractivity contribution in [3.05, 3.63) is 30.1 Å². The first-order valence-corrected chi connectivity index (χ1v) is 7.74. The average Bonchev–Trinajstić information content (AvgIpc) is 2.88. The molecule has 0 bridgehead atoms. The molecule has 5 heteroatoms. The zero-order valence-electron chi connectivity index (χ0n) is 13.0. The number of anilines is 1. The lowest BCUT2D eigenvalue weighted by Gasteiger charge is -2.32. The van der Waals surface area contributed by atoms with Crippen molar-refractivity contribution in [2.45, 2.75) is 19.4 Å². The van der Waals surface area contributed by atoms with Crippen molar-refractivity contribution in [3.63, 3.8) is 0 Å². The number of fused-ring (bicyclic) bond motifs is 1. The highest BCUT2D eigenvalue weighted by Gasteiger charge is 2.21. The molecule has 0 radical (unpaired) electrons. The van der Waals surface area contributed by atoms with E-state index in [-0.39, 0.29) is 0 Å². The average molecular weight is 287 g/mol. The summed E-state index contributed by atoms with van der Waals surface area (Å²) in [5.74, 6) is 1.78. The standard InChI is InChI=1S/C16H25N5/c1-19-9-6-13(7-10-19)12-20(2)16-14(11-17)21-8-4-3-5-15(21)18-16/h3-5,8,13H,6-7,9-12,17H2,1-2H3. The third kappa shape index (κ3) is 2.89. The summed E-state index contributed by atoms with van der Waals surface area (Å²) < 4.78 is 2.10. The Hall–Kier alpha value is -1.59. The molecule has 0 saturated carbocycles. The third-order valence-corrected chi connectivity index (χ3v) is 4.53. The zero-order valence-corrected chi connectivity index (χ0v) is 13.0. The molecule has 3 rings (SSSR count). The Kier molecular flexibility index (Phi) is 4.12. The SMILES string of the molecule is CN1CCC(CN(C)c2nc3ccccn3c2CN)CC1. The second-order valence-corrected chi connectivity index (χ2v) is 6.14. The van der Waals surface area contributed by atoms with Crippen LogP contribution < -0.4 is 10.6 Å². The van der Waals surface area contributed by atoms with Gasteiger partial charge in [0.25, 0.3) is 0 Å². The summed E-state index contributed by atoms with van der Waals surface area (Å²) >= 11 is 0. The molecule has 0 spiro atoms. The van der Waals surface area contributed by atoms with Crippen molar-refractivity contribution >= 4 is 11.5 Å². The third-order valence-electron chi connectivity index (χ3n) is 4.53. The Morgan fingerprint density at radius 2 is 2.10 bits per heavy atom. The molecule has 2 aromatic rings. The highest BCUT2D eigenvalue weighted by atomic mass is 15.2. The number of imidazole rings is 1. The Balaban J connectivity index is 1.79. The van der Waals surface area contributed by atoms with Crippen molar-refractivity contribution in [3.8, 4) is 0 Å². The molecule has 1 fully saturated rings. The second kappa shape index (κ2) is 6.03. The van der Waals surface area contributed by atoms with Gasteiger partial charge in [0.15, 0.2) is 5.82 Å². The fourth-order valence-electron chi connectivity index (χ4n) is 3.25. The maximum Gasteiger partial charge on any atom is 0.152 e. The van der Waals surface area contributed by atoms with Gasteiger partial charge in [0.2, 0.25) is 0 Å². The summed E-state index contributed by atoms with van der Waals surface area (Å²) in [4.78, 5) is 9.45. The normalized spacial score (nSPS) is 17.5. The fraction of sp³-hybridized carbons (Fsp3) is 0.562. The van der Waals surface area contributed by atoms with Gasteiger partial charge in [-0.2, -0.15) is 0 Å². The van der Waals surface area contributed by atoms with E-state index in [9.17, 15) is 0 Å². The number of aromatic nitrogens is 2. The van der Waals surface area contributed by atoms with Crippen molar-refractivity contribution in [1.82, 2.24) is 14.3 Å². The molecule has 1 aliphatic heterocycles. The lowest BCUT2D eigenvalue weighted by molar-refractivity contribution is 0.222. The second-order valence-electron chi connectivity index (χ2n) is 6.14. The van der Waals surface area contributed by atoms with E-state index in [2.05, 4.69) is 28.3 Å². The van der Waals surface area contributed by atoms with Crippen molar-refractivity contribution in [1.29, 1.82) is 0 Å². The largest absolute Gasteiger partial charge is 0.358 e. The topological polar surface area (TPSA) is 49.8 Å². The predicted molar refractivity (Wildman–Crippen MR) is 86.6 cm³/mol. The molecule has 1 saturated heterocycles. The maximum atomic E-state index is 5.96. The quantitative estimate of drug-likeness (QED) is 0.927. The van der Waals surface area contributed by atoms with Gasteiger partial charge >= 0.3 is 0 Å². The highest BCUT2D eigenvalue weighted by molar-refractivity contribution is 5.55. The lowest BCUT2D eigenvalue weighted by atomic mass is 9.97. The number of hydrogen-bond donors (Lipinski definition) is 1. The first kappa shape index (κ1) is 14.4. The van der Waals surface area contributed by atoms with Crippen LogP contribution in [-0.2, 0) is 6.54 Å². The van der Waals surface area contributed by atoms with Crippen LogP contribution in [0.3, 0.4) is 0 Å². The van der Waals surface area contributed by atoms with E-state index < -0.39 is 0 Å². The summed E-state index contributed by atoms with van der Waals surface area (Å²) in [6.07, 6.45) is 4.58. The van der Waals surface area contributed by atoms with Gasteiger partial charge in [0.05, 0.1) is 5.69 Å². The van der Waals surface area contributed by atoms with Gasteiger partial charge in [-0.05, 0) is 51.0 Å². The monoisotopic (exact) mass is 287 g/mol. The summed E-state index contributed by atoms with van der Waals surface area (Å²) in [7, 11) is 4.34. The van der Waals surface area contributed by atoms with Crippen LogP contribution in [0.2, 0.25) is 0 Å². The van der Waals surface area contributed by atoms with Crippen LogP contribution in [0.15, 0.2) is 24.4 Å². The summed E-state index contributed by atoms with van der Waals surface area (Å²) in [6, 6.07) is 6.07. The summed E-state index contributed by atoms with van der Waals surface area (Å²) in [5, 5.41) is 0. The molecule has 1 aliphatic rings. The van der Waals surface area contributed by atoms with Crippen LogP contribution in [0, 0.1) is 5.92 Å². The molecule has 0 atom stereocenters. The zero-order chi connectivity index (χ0) is 14.8. The molecule has 3 heterocycles. The fourth-order valence-corrected chi connectivity index (χ4v) is 3.25. The predicted octanol–water partition coefficient (Wildman–Crippen LogP) is 1.57. The summed E-state index contributed by atoms with van der Waals surface area (Å²) in [6.45, 7) is 3.98. The number of nitrogens with zero attached hydrogens (tertiary/aromatic N) is 4. The van der Waals surface area contributed by atoms with E-state index in [1.165, 1.54) is 25.9 Å². The van der Waals surface area contributed by atoms with E-state index in [0.717, 1.165) is 29.6 Å². The number of piperidine rings is 1. The van der Waals surface area contributed by atoms with Crippen LogP contribution >= 0.6 is 0 Å². The van der Waals surface area contributed by atoms with Crippen LogP contribution in [0.25, 0.3) is 5.65 Å². The molecule has 2 aromatic heterocycles. The van der Waals surface area contributed by atoms with Crippen molar-refractivity contribution in [2.24, 2.45) is 11.7 Å². The maximum absolute atomic E-state index is 5.96. The molecule has 0 amide bonds. The van der Waals surface area contributed by atoms with Gasteiger partial charge in [-0.1, -0.05) is 6.07 Å². The number of nitrogens with two attached hydrogens (primary N) is 1. The lowest BCUT2D eigenvalue weighted by Crippen LogP contribution is -2.36. The molecule has 21 heavy (non-hydrogen) atoms. The van der Waals surface area contributed by atoms with Crippen LogP contribution in [0.1, 0.15) is 18.5 Å². The van der Waals surface area contributed by atoms with Gasteiger partial charge in [-0.15, -0.1) is 0 Å². The minimum absolute atomic E-state index is 0.512. The molecular formula is C16H25N5. The van der Waals surface area contributed by atoms with E-state index in [0.29, 0.717) is 6.54 Å². The molecule has 114 valence electrons. The smallest absolute Gasteiger partial charge is 0.152 e. The van der Waals surface area contributed by atoms with Gasteiger partial charge in [-0.3, -0.25) is 0 Å². The Morgan fingerprint density at radius 3 is 2.81 bits per heavy atom. The van der Waals surface area contributed by atoms with E-state index in [4.69, 9.17) is 10.7 Å². The first-order chi connectivity index (χ1) is 10.2. The Bertz CT molecular complexity index is 598. The number of likely N-dealkylation sites (tertiary alicyclic amines) is 1. The van der Waals surface area contributed by atoms with Gasteiger partial charge in [-0.25, -0.2) is 4.98 Å². The molecule has 0 aliphatic carbocycles. The first-order valence-electron chi connectivity index (χ1n) is 7.74. The van der Waals surface area contributed by atoms with Gasteiger partial charge in [0, 0.05) is 26.3 Å². The van der Waals surface area contributed by atoms with Gasteiger partial charge in [0.1, 0.15) is 5.65 Å². The molecular weight excluding hydrogens is 262 g/mol. The summed E-state index contributed by atoms with van der Waals surface area (Å²) in [5.41, 5.74) is 8.03. The van der Waals surface area contributed by atoms with E-state index in [1.54, 1.807) is 0 Å². The number of pyridine rings is 1. The van der Waals surface area contributed by atoms with Crippen LogP contribution in [-0.4, -0.2) is 48.0 Å². The minimum Gasteiger partial charge on any atom is -0.358 e. The van der Waals surface area contributed by atoms with E-state index >= 15 is 0 Å². The number of rotatable bonds is 4.